The zero-order chi connectivity index (χ0) is 13.1. The van der Waals surface area contributed by atoms with Gasteiger partial charge in [0.1, 0.15) is 11.9 Å². The molecule has 0 radical (unpaired) electrons. The summed E-state index contributed by atoms with van der Waals surface area (Å²) in [5, 5.41) is 0.598. The molecule has 2 rings (SSSR count). The Morgan fingerprint density at radius 1 is 1.33 bits per heavy atom. The van der Waals surface area contributed by atoms with Gasteiger partial charge in [0.2, 0.25) is 0 Å². The second-order valence-electron chi connectivity index (χ2n) is 5.14. The molecule has 0 saturated carbocycles. The number of likely N-dealkylation sites (tertiary alicyclic amines) is 1. The lowest BCUT2D eigenvalue weighted by molar-refractivity contribution is 0.0844. The minimum atomic E-state index is 0.265. The van der Waals surface area contributed by atoms with Gasteiger partial charge >= 0.3 is 0 Å². The predicted octanol–water partition coefficient (Wildman–Crippen LogP) is 3.17. The van der Waals surface area contributed by atoms with Crippen LogP contribution in [0.4, 0.5) is 5.69 Å². The smallest absolute Gasteiger partial charge is 0.138 e. The Morgan fingerprint density at radius 2 is 2.00 bits per heavy atom. The van der Waals surface area contributed by atoms with Crippen LogP contribution in [0.2, 0.25) is 5.02 Å². The van der Waals surface area contributed by atoms with Gasteiger partial charge in [0.25, 0.3) is 0 Å². The molecule has 1 heterocycles. The maximum atomic E-state index is 6.11. The van der Waals surface area contributed by atoms with E-state index in [1.807, 2.05) is 12.1 Å². The van der Waals surface area contributed by atoms with Crippen molar-refractivity contribution in [1.29, 1.82) is 0 Å². The lowest BCUT2D eigenvalue weighted by atomic mass is 10.1. The molecule has 1 saturated heterocycles. The van der Waals surface area contributed by atoms with Crippen LogP contribution in [0.3, 0.4) is 0 Å². The highest BCUT2D eigenvalue weighted by Gasteiger charge is 2.22. The SMILES string of the molecule is CC(C)N1CCC(Oc2ccc(N)cc2Cl)CC1. The summed E-state index contributed by atoms with van der Waals surface area (Å²) in [6.07, 6.45) is 2.37. The molecule has 2 N–H and O–H groups in total. The van der Waals surface area contributed by atoms with Crippen LogP contribution in [-0.4, -0.2) is 30.1 Å². The Balaban J connectivity index is 1.91. The average molecular weight is 269 g/mol. The number of rotatable bonds is 3. The predicted molar refractivity (Wildman–Crippen MR) is 76.2 cm³/mol. The van der Waals surface area contributed by atoms with E-state index in [0.717, 1.165) is 31.7 Å². The van der Waals surface area contributed by atoms with E-state index in [4.69, 9.17) is 22.1 Å². The molecular formula is C14H21ClN2O. The van der Waals surface area contributed by atoms with Crippen LogP contribution in [0.1, 0.15) is 26.7 Å². The molecular weight excluding hydrogens is 248 g/mol. The summed E-state index contributed by atoms with van der Waals surface area (Å²) >= 11 is 6.11. The summed E-state index contributed by atoms with van der Waals surface area (Å²) in [5.74, 6) is 0.744. The Hall–Kier alpha value is -0.930. The van der Waals surface area contributed by atoms with Gasteiger partial charge in [0, 0.05) is 24.8 Å². The first-order valence-corrected chi connectivity index (χ1v) is 6.90. The number of nitrogen functional groups attached to an aromatic ring is 1. The van der Waals surface area contributed by atoms with Crippen molar-refractivity contribution in [3.05, 3.63) is 23.2 Å². The van der Waals surface area contributed by atoms with E-state index in [9.17, 15) is 0 Å². The van der Waals surface area contributed by atoms with Gasteiger partial charge in [-0.2, -0.15) is 0 Å². The van der Waals surface area contributed by atoms with E-state index in [1.54, 1.807) is 6.07 Å². The maximum Gasteiger partial charge on any atom is 0.138 e. The van der Waals surface area contributed by atoms with Crippen LogP contribution < -0.4 is 10.5 Å². The van der Waals surface area contributed by atoms with Gasteiger partial charge in [0.15, 0.2) is 0 Å². The second-order valence-corrected chi connectivity index (χ2v) is 5.54. The summed E-state index contributed by atoms with van der Waals surface area (Å²) < 4.78 is 5.95. The normalized spacial score (nSPS) is 18.2. The molecule has 0 spiro atoms. The van der Waals surface area contributed by atoms with Crippen molar-refractivity contribution in [2.75, 3.05) is 18.8 Å². The van der Waals surface area contributed by atoms with Gasteiger partial charge < -0.3 is 15.4 Å². The molecule has 3 nitrogen and oxygen atoms in total. The first-order valence-electron chi connectivity index (χ1n) is 6.52. The van der Waals surface area contributed by atoms with Crippen molar-refractivity contribution >= 4 is 17.3 Å². The summed E-state index contributed by atoms with van der Waals surface area (Å²) in [4.78, 5) is 2.48. The second kappa shape index (κ2) is 5.81. The van der Waals surface area contributed by atoms with E-state index in [-0.39, 0.29) is 6.10 Å². The molecule has 1 aromatic rings. The minimum absolute atomic E-state index is 0.265. The fourth-order valence-electron chi connectivity index (χ4n) is 2.30. The van der Waals surface area contributed by atoms with Crippen LogP contribution in [0.15, 0.2) is 18.2 Å². The fraction of sp³-hybridized carbons (Fsp3) is 0.571. The number of benzene rings is 1. The number of piperidine rings is 1. The van der Waals surface area contributed by atoms with Gasteiger partial charge in [-0.25, -0.2) is 0 Å². The summed E-state index contributed by atoms with van der Waals surface area (Å²) in [6, 6.07) is 6.03. The van der Waals surface area contributed by atoms with Crippen molar-refractivity contribution in [3.63, 3.8) is 0 Å². The van der Waals surface area contributed by atoms with Crippen LogP contribution in [-0.2, 0) is 0 Å². The third-order valence-electron chi connectivity index (χ3n) is 3.46. The maximum absolute atomic E-state index is 6.11. The first-order chi connectivity index (χ1) is 8.56. The molecule has 100 valence electrons. The lowest BCUT2D eigenvalue weighted by Gasteiger charge is -2.34. The minimum Gasteiger partial charge on any atom is -0.489 e. The zero-order valence-electron chi connectivity index (χ0n) is 11.0. The van der Waals surface area contributed by atoms with Crippen LogP contribution in [0.5, 0.6) is 5.75 Å². The third kappa shape index (κ3) is 3.30. The number of anilines is 1. The van der Waals surface area contributed by atoms with E-state index in [0.29, 0.717) is 16.8 Å². The number of halogens is 1. The highest BCUT2D eigenvalue weighted by atomic mass is 35.5. The molecule has 1 aliphatic rings. The molecule has 0 unspecified atom stereocenters. The van der Waals surface area contributed by atoms with E-state index >= 15 is 0 Å². The molecule has 18 heavy (non-hydrogen) atoms. The van der Waals surface area contributed by atoms with Crippen molar-refractivity contribution in [3.8, 4) is 5.75 Å². The third-order valence-corrected chi connectivity index (χ3v) is 3.75. The van der Waals surface area contributed by atoms with Gasteiger partial charge in [-0.3, -0.25) is 0 Å². The molecule has 1 fully saturated rings. The topological polar surface area (TPSA) is 38.5 Å². The monoisotopic (exact) mass is 268 g/mol. The van der Waals surface area contributed by atoms with Gasteiger partial charge in [-0.1, -0.05) is 11.6 Å². The summed E-state index contributed by atoms with van der Waals surface area (Å²) in [6.45, 7) is 6.65. The number of ether oxygens (including phenoxy) is 1. The van der Waals surface area contributed by atoms with Crippen LogP contribution >= 0.6 is 11.6 Å². The lowest BCUT2D eigenvalue weighted by Crippen LogP contribution is -2.41. The molecule has 4 heteroatoms. The van der Waals surface area contributed by atoms with E-state index < -0.39 is 0 Å². The highest BCUT2D eigenvalue weighted by molar-refractivity contribution is 6.32. The number of nitrogens with zero attached hydrogens (tertiary/aromatic N) is 1. The van der Waals surface area contributed by atoms with Crippen LogP contribution in [0.25, 0.3) is 0 Å². The molecule has 0 aromatic heterocycles. The standard InChI is InChI=1S/C14H21ClN2O/c1-10(2)17-7-5-12(6-8-17)18-14-4-3-11(16)9-13(14)15/h3-4,9-10,12H,5-8,16H2,1-2H3. The molecule has 0 bridgehead atoms. The van der Waals surface area contributed by atoms with Crippen molar-refractivity contribution < 1.29 is 4.74 Å². The molecule has 1 aliphatic heterocycles. The molecule has 0 atom stereocenters. The van der Waals surface area contributed by atoms with Gasteiger partial charge in [0.05, 0.1) is 5.02 Å². The first kappa shape index (κ1) is 13.5. The van der Waals surface area contributed by atoms with E-state index in [2.05, 4.69) is 18.7 Å². The van der Waals surface area contributed by atoms with Crippen molar-refractivity contribution in [1.82, 2.24) is 4.90 Å². The van der Waals surface area contributed by atoms with Gasteiger partial charge in [-0.15, -0.1) is 0 Å². The molecule has 0 amide bonds. The van der Waals surface area contributed by atoms with Crippen molar-refractivity contribution in [2.45, 2.75) is 38.8 Å². The molecule has 0 aliphatic carbocycles. The van der Waals surface area contributed by atoms with Crippen molar-refractivity contribution in [2.24, 2.45) is 0 Å². The summed E-state index contributed by atoms with van der Waals surface area (Å²) in [5.41, 5.74) is 6.33. The fourth-order valence-corrected chi connectivity index (χ4v) is 2.54. The quantitative estimate of drug-likeness (QED) is 0.856. The Labute approximate surface area is 114 Å². The number of hydrogen-bond donors (Lipinski definition) is 1. The largest absolute Gasteiger partial charge is 0.489 e. The number of hydrogen-bond acceptors (Lipinski definition) is 3. The van der Waals surface area contributed by atoms with Crippen LogP contribution in [0, 0.1) is 0 Å². The zero-order valence-corrected chi connectivity index (χ0v) is 11.8. The average Bonchev–Trinajstić information content (AvgIpc) is 2.33. The Bertz CT molecular complexity index is 401. The highest BCUT2D eigenvalue weighted by Crippen LogP contribution is 2.29. The number of nitrogens with two attached hydrogens (primary N) is 1. The van der Waals surface area contributed by atoms with Gasteiger partial charge in [-0.05, 0) is 44.9 Å². The summed E-state index contributed by atoms with van der Waals surface area (Å²) in [7, 11) is 0. The molecule has 1 aromatic carbocycles. The Kier molecular flexibility index (Phi) is 4.36. The Morgan fingerprint density at radius 3 is 2.56 bits per heavy atom. The van der Waals surface area contributed by atoms with E-state index in [1.165, 1.54) is 0 Å².